The second-order valence-electron chi connectivity index (χ2n) is 5.04. The zero-order valence-electron chi connectivity index (χ0n) is 11.5. The molecule has 0 heterocycles. The van der Waals surface area contributed by atoms with Gasteiger partial charge in [0.15, 0.2) is 0 Å². The molecule has 0 aliphatic heterocycles. The van der Waals surface area contributed by atoms with Crippen molar-refractivity contribution in [2.24, 2.45) is 0 Å². The van der Waals surface area contributed by atoms with Crippen molar-refractivity contribution in [2.75, 3.05) is 6.54 Å². The highest BCUT2D eigenvalue weighted by Gasteiger charge is 2.17. The van der Waals surface area contributed by atoms with Crippen molar-refractivity contribution >= 4 is 17.5 Å². The standard InChI is InChI=1S/C14H17N3O4/c18-13(16-11-5-1-2-6-11)9-15-14(19)10-4-3-7-12(8-10)17(20)21/h3-4,7-8,11H,1-2,5-6,9H2,(H,15,19)(H,16,18). The summed E-state index contributed by atoms with van der Waals surface area (Å²) in [6, 6.07) is 5.60. The van der Waals surface area contributed by atoms with Crippen molar-refractivity contribution < 1.29 is 14.5 Å². The van der Waals surface area contributed by atoms with E-state index in [2.05, 4.69) is 10.6 Å². The number of carbonyl (C=O) groups excluding carboxylic acids is 2. The summed E-state index contributed by atoms with van der Waals surface area (Å²) in [4.78, 5) is 33.6. The second kappa shape index (κ2) is 6.83. The maximum absolute atomic E-state index is 11.8. The SMILES string of the molecule is O=C(CNC(=O)c1cccc([N+](=O)[O-])c1)NC1CCCC1. The van der Waals surface area contributed by atoms with Crippen LogP contribution in [0.2, 0.25) is 0 Å². The molecule has 2 amide bonds. The Bertz CT molecular complexity index is 553. The average Bonchev–Trinajstić information content (AvgIpc) is 2.97. The van der Waals surface area contributed by atoms with Gasteiger partial charge in [0.2, 0.25) is 5.91 Å². The van der Waals surface area contributed by atoms with E-state index in [0.717, 1.165) is 25.7 Å². The normalized spacial score (nSPS) is 14.7. The Hall–Kier alpha value is -2.44. The van der Waals surface area contributed by atoms with Crippen LogP contribution in [0.4, 0.5) is 5.69 Å². The molecule has 1 saturated carbocycles. The van der Waals surface area contributed by atoms with Gasteiger partial charge >= 0.3 is 0 Å². The van der Waals surface area contributed by atoms with Gasteiger partial charge in [-0.2, -0.15) is 0 Å². The summed E-state index contributed by atoms with van der Waals surface area (Å²) < 4.78 is 0. The van der Waals surface area contributed by atoms with Crippen LogP contribution in [0.3, 0.4) is 0 Å². The summed E-state index contributed by atoms with van der Waals surface area (Å²) in [6.45, 7) is -0.127. The van der Waals surface area contributed by atoms with Crippen LogP contribution in [-0.2, 0) is 4.79 Å². The van der Waals surface area contributed by atoms with Crippen molar-refractivity contribution in [1.82, 2.24) is 10.6 Å². The second-order valence-corrected chi connectivity index (χ2v) is 5.04. The topological polar surface area (TPSA) is 101 Å². The van der Waals surface area contributed by atoms with Gasteiger partial charge in [0.05, 0.1) is 11.5 Å². The number of nitro groups is 1. The van der Waals surface area contributed by atoms with Crippen molar-refractivity contribution in [2.45, 2.75) is 31.7 Å². The molecule has 0 aromatic heterocycles. The number of hydrogen-bond donors (Lipinski definition) is 2. The first-order valence-electron chi connectivity index (χ1n) is 6.88. The van der Waals surface area contributed by atoms with Gasteiger partial charge in [-0.1, -0.05) is 18.9 Å². The largest absolute Gasteiger partial charge is 0.352 e. The molecule has 0 saturated heterocycles. The van der Waals surface area contributed by atoms with Gasteiger partial charge in [-0.3, -0.25) is 19.7 Å². The molecule has 0 spiro atoms. The van der Waals surface area contributed by atoms with E-state index in [1.54, 1.807) is 0 Å². The number of nitrogens with one attached hydrogen (secondary N) is 2. The molecule has 1 fully saturated rings. The maximum atomic E-state index is 11.8. The van der Waals surface area contributed by atoms with E-state index in [1.807, 2.05) is 0 Å². The van der Waals surface area contributed by atoms with Crippen molar-refractivity contribution in [3.63, 3.8) is 0 Å². The molecule has 7 nitrogen and oxygen atoms in total. The molecule has 1 aromatic rings. The lowest BCUT2D eigenvalue weighted by molar-refractivity contribution is -0.384. The molecule has 1 aliphatic rings. The number of nitro benzene ring substituents is 1. The van der Waals surface area contributed by atoms with Gasteiger partial charge in [0, 0.05) is 23.7 Å². The third-order valence-electron chi connectivity index (χ3n) is 3.45. The molecule has 2 N–H and O–H groups in total. The highest BCUT2D eigenvalue weighted by molar-refractivity contribution is 5.96. The molecule has 7 heteroatoms. The van der Waals surface area contributed by atoms with Gasteiger partial charge in [-0.05, 0) is 18.9 Å². The van der Waals surface area contributed by atoms with Crippen LogP contribution in [0.25, 0.3) is 0 Å². The first-order valence-corrected chi connectivity index (χ1v) is 6.88. The molecule has 0 unspecified atom stereocenters. The molecular weight excluding hydrogens is 274 g/mol. The molecule has 0 bridgehead atoms. The number of benzene rings is 1. The Kier molecular flexibility index (Phi) is 4.86. The minimum absolute atomic E-state index is 0.127. The summed E-state index contributed by atoms with van der Waals surface area (Å²) in [5, 5.41) is 16.0. The minimum atomic E-state index is -0.566. The summed E-state index contributed by atoms with van der Waals surface area (Å²) in [7, 11) is 0. The van der Waals surface area contributed by atoms with E-state index < -0.39 is 10.8 Å². The van der Waals surface area contributed by atoms with E-state index in [-0.39, 0.29) is 29.7 Å². The van der Waals surface area contributed by atoms with Crippen LogP contribution >= 0.6 is 0 Å². The molecule has 112 valence electrons. The van der Waals surface area contributed by atoms with Crippen LogP contribution in [0.15, 0.2) is 24.3 Å². The van der Waals surface area contributed by atoms with E-state index >= 15 is 0 Å². The third-order valence-corrected chi connectivity index (χ3v) is 3.45. The molecule has 1 aliphatic carbocycles. The number of nitrogens with zero attached hydrogens (tertiary/aromatic N) is 1. The van der Waals surface area contributed by atoms with Crippen molar-refractivity contribution in [3.8, 4) is 0 Å². The Labute approximate surface area is 121 Å². The Morgan fingerprint density at radius 2 is 2.00 bits per heavy atom. The predicted octanol–water partition coefficient (Wildman–Crippen LogP) is 1.38. The van der Waals surface area contributed by atoms with Crippen LogP contribution in [0.5, 0.6) is 0 Å². The smallest absolute Gasteiger partial charge is 0.270 e. The van der Waals surface area contributed by atoms with E-state index in [1.165, 1.54) is 24.3 Å². The van der Waals surface area contributed by atoms with Crippen LogP contribution < -0.4 is 10.6 Å². The number of non-ortho nitro benzene ring substituents is 1. The fourth-order valence-corrected chi connectivity index (χ4v) is 2.37. The van der Waals surface area contributed by atoms with Crippen LogP contribution in [0.1, 0.15) is 36.0 Å². The third kappa shape index (κ3) is 4.27. The fourth-order valence-electron chi connectivity index (χ4n) is 2.37. The number of hydrogen-bond acceptors (Lipinski definition) is 4. The summed E-state index contributed by atoms with van der Waals surface area (Å²) >= 11 is 0. The molecule has 2 rings (SSSR count). The van der Waals surface area contributed by atoms with Gasteiger partial charge in [-0.15, -0.1) is 0 Å². The Morgan fingerprint density at radius 1 is 1.29 bits per heavy atom. The predicted molar refractivity (Wildman–Crippen MR) is 75.8 cm³/mol. The zero-order valence-corrected chi connectivity index (χ0v) is 11.5. The fraction of sp³-hybridized carbons (Fsp3) is 0.429. The quantitative estimate of drug-likeness (QED) is 0.632. The Balaban J connectivity index is 1.85. The van der Waals surface area contributed by atoms with Gasteiger partial charge in [-0.25, -0.2) is 0 Å². The summed E-state index contributed by atoms with van der Waals surface area (Å²) in [5.41, 5.74) is 0.0101. The molecule has 0 atom stereocenters. The van der Waals surface area contributed by atoms with Crippen molar-refractivity contribution in [1.29, 1.82) is 0 Å². The van der Waals surface area contributed by atoms with E-state index in [0.29, 0.717) is 0 Å². The first kappa shape index (κ1) is 15.0. The van der Waals surface area contributed by atoms with E-state index in [9.17, 15) is 19.7 Å². The minimum Gasteiger partial charge on any atom is -0.352 e. The number of rotatable bonds is 5. The monoisotopic (exact) mass is 291 g/mol. The zero-order chi connectivity index (χ0) is 15.2. The molecule has 21 heavy (non-hydrogen) atoms. The van der Waals surface area contributed by atoms with Crippen LogP contribution in [-0.4, -0.2) is 29.3 Å². The highest BCUT2D eigenvalue weighted by atomic mass is 16.6. The van der Waals surface area contributed by atoms with Crippen LogP contribution in [0, 0.1) is 10.1 Å². The lowest BCUT2D eigenvalue weighted by Crippen LogP contribution is -2.40. The first-order chi connectivity index (χ1) is 10.1. The van der Waals surface area contributed by atoms with Gasteiger partial charge in [0.25, 0.3) is 11.6 Å². The molecule has 1 aromatic carbocycles. The van der Waals surface area contributed by atoms with Crippen molar-refractivity contribution in [3.05, 3.63) is 39.9 Å². The average molecular weight is 291 g/mol. The molecule has 0 radical (unpaired) electrons. The maximum Gasteiger partial charge on any atom is 0.270 e. The molecular formula is C14H17N3O4. The van der Waals surface area contributed by atoms with Gasteiger partial charge < -0.3 is 10.6 Å². The summed E-state index contributed by atoms with van der Waals surface area (Å²) in [5.74, 6) is -0.735. The lowest BCUT2D eigenvalue weighted by Gasteiger charge is -2.12. The summed E-state index contributed by atoms with van der Waals surface area (Å²) in [6.07, 6.45) is 4.19. The van der Waals surface area contributed by atoms with Gasteiger partial charge in [0.1, 0.15) is 0 Å². The van der Waals surface area contributed by atoms with E-state index in [4.69, 9.17) is 0 Å². The highest BCUT2D eigenvalue weighted by Crippen LogP contribution is 2.17. The lowest BCUT2D eigenvalue weighted by atomic mass is 10.2. The Morgan fingerprint density at radius 3 is 2.67 bits per heavy atom. The number of amides is 2. The number of carbonyl (C=O) groups is 2.